The summed E-state index contributed by atoms with van der Waals surface area (Å²) < 4.78 is 5.27. The van der Waals surface area contributed by atoms with Gasteiger partial charge in [0.1, 0.15) is 5.75 Å². The van der Waals surface area contributed by atoms with Crippen molar-refractivity contribution in [1.29, 1.82) is 0 Å². The third-order valence-corrected chi connectivity index (χ3v) is 3.78. The van der Waals surface area contributed by atoms with Gasteiger partial charge in [-0.2, -0.15) is 0 Å². The SMILES string of the molecule is COc1cccc(-c2ccc(C3CCCN3)cc2)c1. The second kappa shape index (κ2) is 5.45. The second-order valence-electron chi connectivity index (χ2n) is 5.00. The van der Waals surface area contributed by atoms with Gasteiger partial charge in [-0.1, -0.05) is 36.4 Å². The third kappa shape index (κ3) is 2.64. The summed E-state index contributed by atoms with van der Waals surface area (Å²) in [5, 5.41) is 3.53. The minimum absolute atomic E-state index is 0.541. The smallest absolute Gasteiger partial charge is 0.119 e. The third-order valence-electron chi connectivity index (χ3n) is 3.78. The molecule has 3 rings (SSSR count). The quantitative estimate of drug-likeness (QED) is 0.898. The molecule has 1 aliphatic rings. The van der Waals surface area contributed by atoms with E-state index in [-0.39, 0.29) is 0 Å². The lowest BCUT2D eigenvalue weighted by Gasteiger charge is -2.11. The van der Waals surface area contributed by atoms with Crippen LogP contribution in [0.5, 0.6) is 5.75 Å². The van der Waals surface area contributed by atoms with E-state index in [1.807, 2.05) is 12.1 Å². The van der Waals surface area contributed by atoms with Gasteiger partial charge in [-0.3, -0.25) is 0 Å². The molecule has 1 atom stereocenters. The summed E-state index contributed by atoms with van der Waals surface area (Å²) in [6, 6.07) is 17.6. The fourth-order valence-electron chi connectivity index (χ4n) is 2.68. The first-order chi connectivity index (χ1) is 9.36. The van der Waals surface area contributed by atoms with Crippen LogP contribution < -0.4 is 10.1 Å². The van der Waals surface area contributed by atoms with Crippen molar-refractivity contribution in [3.05, 3.63) is 54.1 Å². The highest BCUT2D eigenvalue weighted by Crippen LogP contribution is 2.27. The number of benzene rings is 2. The molecule has 0 aromatic heterocycles. The van der Waals surface area contributed by atoms with Crippen LogP contribution >= 0.6 is 0 Å². The minimum atomic E-state index is 0.541. The maximum absolute atomic E-state index is 5.27. The van der Waals surface area contributed by atoms with Crippen molar-refractivity contribution >= 4 is 0 Å². The molecule has 1 saturated heterocycles. The van der Waals surface area contributed by atoms with Crippen LogP contribution in [-0.4, -0.2) is 13.7 Å². The van der Waals surface area contributed by atoms with Gasteiger partial charge < -0.3 is 10.1 Å². The minimum Gasteiger partial charge on any atom is -0.497 e. The van der Waals surface area contributed by atoms with Crippen LogP contribution in [0.15, 0.2) is 48.5 Å². The maximum atomic E-state index is 5.27. The number of hydrogen-bond donors (Lipinski definition) is 1. The molecule has 2 aromatic rings. The van der Waals surface area contributed by atoms with Gasteiger partial charge in [-0.25, -0.2) is 0 Å². The predicted molar refractivity (Wildman–Crippen MR) is 78.4 cm³/mol. The Morgan fingerprint density at radius 2 is 1.89 bits per heavy atom. The Morgan fingerprint density at radius 1 is 1.05 bits per heavy atom. The van der Waals surface area contributed by atoms with Crippen LogP contribution in [0.1, 0.15) is 24.4 Å². The first kappa shape index (κ1) is 12.2. The van der Waals surface area contributed by atoms with Crippen LogP contribution in [0, 0.1) is 0 Å². The van der Waals surface area contributed by atoms with E-state index in [2.05, 4.69) is 41.7 Å². The van der Waals surface area contributed by atoms with Crippen LogP contribution in [-0.2, 0) is 0 Å². The van der Waals surface area contributed by atoms with Crippen LogP contribution in [0.2, 0.25) is 0 Å². The summed E-state index contributed by atoms with van der Waals surface area (Å²) >= 11 is 0. The highest BCUT2D eigenvalue weighted by Gasteiger charge is 2.15. The zero-order chi connectivity index (χ0) is 13.1. The standard InChI is InChI=1S/C17H19NO/c1-19-16-5-2-4-15(12-16)13-7-9-14(10-8-13)17-6-3-11-18-17/h2,4-5,7-10,12,17-18H,3,6,11H2,1H3. The van der Waals surface area contributed by atoms with E-state index < -0.39 is 0 Å². The molecule has 0 radical (unpaired) electrons. The molecule has 2 heteroatoms. The molecule has 0 amide bonds. The van der Waals surface area contributed by atoms with Crippen molar-refractivity contribution in [3.8, 4) is 16.9 Å². The Hall–Kier alpha value is -1.80. The largest absolute Gasteiger partial charge is 0.497 e. The van der Waals surface area contributed by atoms with E-state index in [1.54, 1.807) is 7.11 Å². The van der Waals surface area contributed by atoms with Crippen LogP contribution in [0.3, 0.4) is 0 Å². The Bertz CT molecular complexity index is 541. The monoisotopic (exact) mass is 253 g/mol. The lowest BCUT2D eigenvalue weighted by molar-refractivity contribution is 0.415. The van der Waals surface area contributed by atoms with Crippen LogP contribution in [0.4, 0.5) is 0 Å². The van der Waals surface area contributed by atoms with Crippen molar-refractivity contribution in [2.75, 3.05) is 13.7 Å². The van der Waals surface area contributed by atoms with E-state index >= 15 is 0 Å². The zero-order valence-electron chi connectivity index (χ0n) is 11.2. The van der Waals surface area contributed by atoms with Gasteiger partial charge in [0.15, 0.2) is 0 Å². The van der Waals surface area contributed by atoms with Gasteiger partial charge in [-0.05, 0) is 48.2 Å². The average Bonchev–Trinajstić information content (AvgIpc) is 3.02. The summed E-state index contributed by atoms with van der Waals surface area (Å²) in [4.78, 5) is 0. The Balaban J connectivity index is 1.84. The Kier molecular flexibility index (Phi) is 3.51. The van der Waals surface area contributed by atoms with Crippen molar-refractivity contribution in [1.82, 2.24) is 5.32 Å². The Labute approximate surface area is 114 Å². The number of ether oxygens (including phenoxy) is 1. The predicted octanol–water partition coefficient (Wildman–Crippen LogP) is 3.79. The molecule has 2 aromatic carbocycles. The van der Waals surface area contributed by atoms with Crippen LogP contribution in [0.25, 0.3) is 11.1 Å². The Morgan fingerprint density at radius 3 is 2.58 bits per heavy atom. The van der Waals surface area contributed by atoms with Crippen molar-refractivity contribution in [3.63, 3.8) is 0 Å². The summed E-state index contributed by atoms with van der Waals surface area (Å²) in [6.07, 6.45) is 2.53. The molecule has 0 saturated carbocycles. The lowest BCUT2D eigenvalue weighted by Crippen LogP contribution is -2.12. The molecule has 0 spiro atoms. The summed E-state index contributed by atoms with van der Waals surface area (Å²) in [5.41, 5.74) is 3.83. The highest BCUT2D eigenvalue weighted by molar-refractivity contribution is 5.65. The average molecular weight is 253 g/mol. The zero-order valence-corrected chi connectivity index (χ0v) is 11.2. The number of methoxy groups -OCH3 is 1. The highest BCUT2D eigenvalue weighted by atomic mass is 16.5. The normalized spacial score (nSPS) is 18.5. The van der Waals surface area contributed by atoms with Crippen molar-refractivity contribution < 1.29 is 4.74 Å². The fraction of sp³-hybridized carbons (Fsp3) is 0.294. The molecule has 98 valence electrons. The van der Waals surface area contributed by atoms with Crippen molar-refractivity contribution in [2.45, 2.75) is 18.9 Å². The lowest BCUT2D eigenvalue weighted by atomic mass is 10.00. The molecule has 1 heterocycles. The van der Waals surface area contributed by atoms with Gasteiger partial charge in [-0.15, -0.1) is 0 Å². The second-order valence-corrected chi connectivity index (χ2v) is 5.00. The first-order valence-corrected chi connectivity index (χ1v) is 6.84. The summed E-state index contributed by atoms with van der Waals surface area (Å²) in [7, 11) is 1.70. The van der Waals surface area contributed by atoms with E-state index in [4.69, 9.17) is 4.74 Å². The van der Waals surface area contributed by atoms with Gasteiger partial charge in [0.2, 0.25) is 0 Å². The molecule has 1 fully saturated rings. The molecule has 19 heavy (non-hydrogen) atoms. The van der Waals surface area contributed by atoms with E-state index in [1.165, 1.54) is 29.5 Å². The van der Waals surface area contributed by atoms with Gasteiger partial charge in [0.25, 0.3) is 0 Å². The molecule has 0 aliphatic carbocycles. The molecule has 1 N–H and O–H groups in total. The fourth-order valence-corrected chi connectivity index (χ4v) is 2.68. The number of nitrogens with one attached hydrogen (secondary N) is 1. The summed E-state index contributed by atoms with van der Waals surface area (Å²) in [5.74, 6) is 0.902. The molecule has 2 nitrogen and oxygen atoms in total. The molecular weight excluding hydrogens is 234 g/mol. The van der Waals surface area contributed by atoms with Gasteiger partial charge in [0.05, 0.1) is 7.11 Å². The molecule has 0 bridgehead atoms. The topological polar surface area (TPSA) is 21.3 Å². The first-order valence-electron chi connectivity index (χ1n) is 6.84. The van der Waals surface area contributed by atoms with E-state index in [0.29, 0.717) is 6.04 Å². The van der Waals surface area contributed by atoms with E-state index in [9.17, 15) is 0 Å². The van der Waals surface area contributed by atoms with Gasteiger partial charge >= 0.3 is 0 Å². The molecular formula is C17H19NO. The van der Waals surface area contributed by atoms with Crippen molar-refractivity contribution in [2.24, 2.45) is 0 Å². The van der Waals surface area contributed by atoms with Gasteiger partial charge in [0, 0.05) is 6.04 Å². The molecule has 1 unspecified atom stereocenters. The summed E-state index contributed by atoms with van der Waals surface area (Å²) in [6.45, 7) is 1.14. The number of rotatable bonds is 3. The number of hydrogen-bond acceptors (Lipinski definition) is 2. The molecule has 1 aliphatic heterocycles. The maximum Gasteiger partial charge on any atom is 0.119 e. The van der Waals surface area contributed by atoms with E-state index in [0.717, 1.165) is 12.3 Å².